The van der Waals surface area contributed by atoms with Gasteiger partial charge in [-0.2, -0.15) is 0 Å². The summed E-state index contributed by atoms with van der Waals surface area (Å²) in [6.07, 6.45) is 0.851. The predicted molar refractivity (Wildman–Crippen MR) is 79.1 cm³/mol. The minimum absolute atomic E-state index is 0.221. The minimum atomic E-state index is -0.221. The van der Waals surface area contributed by atoms with E-state index >= 15 is 0 Å². The Morgan fingerprint density at radius 2 is 2.15 bits per heavy atom. The topological polar surface area (TPSA) is 59.9 Å². The highest BCUT2D eigenvalue weighted by molar-refractivity contribution is 6.04. The van der Waals surface area contributed by atoms with Crippen LogP contribution in [-0.4, -0.2) is 38.8 Å². The van der Waals surface area contributed by atoms with Gasteiger partial charge >= 0.3 is 0 Å². The third-order valence-corrected chi connectivity index (χ3v) is 2.49. The third-order valence-electron chi connectivity index (χ3n) is 2.49. The number of aliphatic imine (C=N–C) groups is 1. The molecule has 5 nitrogen and oxygen atoms in total. The van der Waals surface area contributed by atoms with Crippen LogP contribution in [0.3, 0.4) is 0 Å². The predicted octanol–water partition coefficient (Wildman–Crippen LogP) is 2.15. The van der Waals surface area contributed by atoms with Crippen LogP contribution in [0.15, 0.2) is 29.3 Å². The van der Waals surface area contributed by atoms with E-state index in [1.165, 1.54) is 0 Å². The van der Waals surface area contributed by atoms with Crippen LogP contribution in [0.25, 0.3) is 0 Å². The zero-order chi connectivity index (χ0) is 14.8. The van der Waals surface area contributed by atoms with E-state index in [1.54, 1.807) is 13.2 Å². The molecule has 0 heterocycles. The number of carbonyl (C=O) groups excluding carboxylic acids is 1. The monoisotopic (exact) mass is 278 g/mol. The van der Waals surface area contributed by atoms with Crippen molar-refractivity contribution in [1.82, 2.24) is 5.32 Å². The molecule has 0 atom stereocenters. The van der Waals surface area contributed by atoms with Gasteiger partial charge in [0.25, 0.3) is 11.9 Å². The fourth-order valence-corrected chi connectivity index (χ4v) is 1.51. The summed E-state index contributed by atoms with van der Waals surface area (Å²) in [5.41, 5.74) is 1.62. The lowest BCUT2D eigenvalue weighted by molar-refractivity contribution is 0.0965. The van der Waals surface area contributed by atoms with Crippen molar-refractivity contribution in [1.29, 1.82) is 0 Å². The number of nitrogens with zero attached hydrogens (tertiary/aromatic N) is 1. The van der Waals surface area contributed by atoms with Crippen LogP contribution >= 0.6 is 0 Å². The van der Waals surface area contributed by atoms with E-state index in [0.29, 0.717) is 25.3 Å². The molecule has 0 saturated carbocycles. The summed E-state index contributed by atoms with van der Waals surface area (Å²) < 4.78 is 10.3. The Morgan fingerprint density at radius 3 is 2.80 bits per heavy atom. The first-order valence-corrected chi connectivity index (χ1v) is 6.71. The molecule has 0 unspecified atom stereocenters. The molecule has 5 heteroatoms. The molecule has 1 N–H and O–H groups in total. The van der Waals surface area contributed by atoms with Gasteiger partial charge in [0.2, 0.25) is 0 Å². The molecule has 0 spiro atoms. The first-order valence-electron chi connectivity index (χ1n) is 6.71. The smallest absolute Gasteiger partial charge is 0.291 e. The van der Waals surface area contributed by atoms with E-state index < -0.39 is 0 Å². The van der Waals surface area contributed by atoms with Gasteiger partial charge in [-0.3, -0.25) is 10.1 Å². The van der Waals surface area contributed by atoms with Crippen LogP contribution in [-0.2, 0) is 9.47 Å². The molecule has 110 valence electrons. The number of aryl methyl sites for hydroxylation is 1. The summed E-state index contributed by atoms with van der Waals surface area (Å²) in [7, 11) is 1.60. The van der Waals surface area contributed by atoms with E-state index in [-0.39, 0.29) is 11.9 Å². The Kier molecular flexibility index (Phi) is 7.35. The quantitative estimate of drug-likeness (QED) is 0.493. The van der Waals surface area contributed by atoms with E-state index in [1.807, 2.05) is 32.0 Å². The van der Waals surface area contributed by atoms with Crippen LogP contribution < -0.4 is 5.32 Å². The highest BCUT2D eigenvalue weighted by Gasteiger charge is 2.09. The molecule has 1 rings (SSSR count). The van der Waals surface area contributed by atoms with Crippen molar-refractivity contribution in [2.75, 3.05) is 26.9 Å². The number of ether oxygens (including phenoxy) is 2. The van der Waals surface area contributed by atoms with Crippen molar-refractivity contribution in [2.45, 2.75) is 20.3 Å². The maximum Gasteiger partial charge on any atom is 0.291 e. The van der Waals surface area contributed by atoms with Gasteiger partial charge in [0.1, 0.15) is 0 Å². The van der Waals surface area contributed by atoms with Crippen LogP contribution in [0.2, 0.25) is 0 Å². The molecule has 1 amide bonds. The summed E-state index contributed by atoms with van der Waals surface area (Å²) in [5.74, 6) is -0.221. The highest BCUT2D eigenvalue weighted by Crippen LogP contribution is 2.03. The zero-order valence-electron chi connectivity index (χ0n) is 12.3. The van der Waals surface area contributed by atoms with Crippen molar-refractivity contribution < 1.29 is 14.3 Å². The van der Waals surface area contributed by atoms with Crippen LogP contribution in [0.5, 0.6) is 0 Å². The Labute approximate surface area is 120 Å². The molecule has 0 saturated heterocycles. The summed E-state index contributed by atoms with van der Waals surface area (Å²) in [6.45, 7) is 5.38. The van der Waals surface area contributed by atoms with E-state index in [9.17, 15) is 4.79 Å². The van der Waals surface area contributed by atoms with Gasteiger partial charge < -0.3 is 9.47 Å². The lowest BCUT2D eigenvalue weighted by Crippen LogP contribution is -2.33. The molecular weight excluding hydrogens is 256 g/mol. The number of amides is 1. The molecule has 1 aromatic rings. The minimum Gasteiger partial charge on any atom is -0.465 e. The normalized spacial score (nSPS) is 11.2. The summed E-state index contributed by atoms with van der Waals surface area (Å²) in [4.78, 5) is 16.3. The Bertz CT molecular complexity index is 458. The van der Waals surface area contributed by atoms with Crippen molar-refractivity contribution in [3.63, 3.8) is 0 Å². The number of amidine groups is 1. The van der Waals surface area contributed by atoms with E-state index in [2.05, 4.69) is 10.3 Å². The Morgan fingerprint density at radius 1 is 1.35 bits per heavy atom. The number of methoxy groups -OCH3 is 1. The largest absolute Gasteiger partial charge is 0.465 e. The van der Waals surface area contributed by atoms with Crippen LogP contribution in [0.4, 0.5) is 0 Å². The average molecular weight is 278 g/mol. The standard InChI is InChI=1S/C15H22N2O3/c1-4-9-20-15(16-8-10-19-3)17-14(18)13-7-5-6-12(2)11-13/h5-7,11H,4,8-10H2,1-3H3,(H,16,17,18). The number of benzene rings is 1. The summed E-state index contributed by atoms with van der Waals surface area (Å²) >= 11 is 0. The summed E-state index contributed by atoms with van der Waals surface area (Å²) in [6, 6.07) is 7.61. The fourth-order valence-electron chi connectivity index (χ4n) is 1.51. The SMILES string of the molecule is CCCOC(=NCCOC)NC(=O)c1cccc(C)c1. The molecule has 0 aromatic heterocycles. The number of rotatable bonds is 6. The Balaban J connectivity index is 2.67. The van der Waals surface area contributed by atoms with E-state index in [0.717, 1.165) is 12.0 Å². The number of hydrogen-bond donors (Lipinski definition) is 1. The average Bonchev–Trinajstić information content (AvgIpc) is 2.44. The summed E-state index contributed by atoms with van der Waals surface area (Å²) in [5, 5.41) is 2.69. The second-order valence-electron chi connectivity index (χ2n) is 4.35. The van der Waals surface area contributed by atoms with E-state index in [4.69, 9.17) is 9.47 Å². The van der Waals surface area contributed by atoms with Crippen molar-refractivity contribution >= 4 is 11.9 Å². The van der Waals surface area contributed by atoms with Gasteiger partial charge in [0.15, 0.2) is 0 Å². The van der Waals surface area contributed by atoms with Gasteiger partial charge in [0, 0.05) is 12.7 Å². The maximum absolute atomic E-state index is 12.1. The first kappa shape index (κ1) is 16.2. The van der Waals surface area contributed by atoms with Crippen molar-refractivity contribution in [2.24, 2.45) is 4.99 Å². The van der Waals surface area contributed by atoms with Gasteiger partial charge in [-0.1, -0.05) is 24.6 Å². The maximum atomic E-state index is 12.1. The molecular formula is C15H22N2O3. The first-order chi connectivity index (χ1) is 9.67. The molecule has 0 aliphatic heterocycles. The van der Waals surface area contributed by atoms with Crippen LogP contribution in [0, 0.1) is 6.92 Å². The van der Waals surface area contributed by atoms with Crippen molar-refractivity contribution in [3.8, 4) is 0 Å². The lowest BCUT2D eigenvalue weighted by Gasteiger charge is -2.10. The van der Waals surface area contributed by atoms with Crippen LogP contribution in [0.1, 0.15) is 29.3 Å². The lowest BCUT2D eigenvalue weighted by atomic mass is 10.1. The molecule has 0 aliphatic rings. The zero-order valence-corrected chi connectivity index (χ0v) is 12.3. The number of carbonyl (C=O) groups is 1. The highest BCUT2D eigenvalue weighted by atomic mass is 16.5. The second kappa shape index (κ2) is 9.09. The second-order valence-corrected chi connectivity index (χ2v) is 4.35. The molecule has 20 heavy (non-hydrogen) atoms. The van der Waals surface area contributed by atoms with Gasteiger partial charge in [0.05, 0.1) is 19.8 Å². The molecule has 0 bridgehead atoms. The third kappa shape index (κ3) is 5.84. The fraction of sp³-hybridized carbons (Fsp3) is 0.467. The van der Waals surface area contributed by atoms with Gasteiger partial charge in [-0.15, -0.1) is 0 Å². The van der Waals surface area contributed by atoms with Crippen molar-refractivity contribution in [3.05, 3.63) is 35.4 Å². The molecule has 0 radical (unpaired) electrons. The number of nitrogens with one attached hydrogen (secondary N) is 1. The molecule has 0 fully saturated rings. The molecule has 1 aromatic carbocycles. The Hall–Kier alpha value is -1.88. The number of hydrogen-bond acceptors (Lipinski definition) is 4. The van der Waals surface area contributed by atoms with Gasteiger partial charge in [-0.05, 0) is 25.5 Å². The van der Waals surface area contributed by atoms with Gasteiger partial charge in [-0.25, -0.2) is 4.99 Å². The molecule has 0 aliphatic carbocycles.